The molecule has 0 aliphatic rings. The fraction of sp³-hybridized carbons (Fsp3) is 0.118. The van der Waals surface area contributed by atoms with Crippen LogP contribution >= 0.6 is 0 Å². The maximum atomic E-state index is 13.2. The van der Waals surface area contributed by atoms with Crippen molar-refractivity contribution in [2.45, 2.75) is 11.5 Å². The maximum absolute atomic E-state index is 13.2. The van der Waals surface area contributed by atoms with E-state index in [1.807, 2.05) is 36.4 Å². The highest BCUT2D eigenvalue weighted by Gasteiger charge is 2.07. The molecule has 3 aromatic rings. The summed E-state index contributed by atoms with van der Waals surface area (Å²) in [6.07, 6.45) is 1.75. The van der Waals surface area contributed by atoms with E-state index in [9.17, 15) is 8.60 Å². The van der Waals surface area contributed by atoms with Crippen molar-refractivity contribution in [1.29, 1.82) is 0 Å². The van der Waals surface area contributed by atoms with Crippen LogP contribution in [0.2, 0.25) is 0 Å². The van der Waals surface area contributed by atoms with E-state index >= 15 is 0 Å². The van der Waals surface area contributed by atoms with E-state index in [0.29, 0.717) is 17.2 Å². The largest absolute Gasteiger partial charge is 0.259 e. The lowest BCUT2D eigenvalue weighted by Crippen LogP contribution is -2.02. The fourth-order valence-electron chi connectivity index (χ4n) is 2.18. The van der Waals surface area contributed by atoms with Gasteiger partial charge in [-0.05, 0) is 29.8 Å². The molecule has 1 unspecified atom stereocenters. The molecule has 0 N–H and O–H groups in total. The van der Waals surface area contributed by atoms with Gasteiger partial charge in [0.2, 0.25) is 0 Å². The first kappa shape index (κ1) is 14.7. The normalized spacial score (nSPS) is 12.2. The van der Waals surface area contributed by atoms with E-state index in [2.05, 4.69) is 5.10 Å². The third kappa shape index (κ3) is 3.68. The summed E-state index contributed by atoms with van der Waals surface area (Å²) in [6, 6.07) is 17.8. The molecule has 0 radical (unpaired) electrons. The first-order chi connectivity index (χ1) is 10.7. The van der Waals surface area contributed by atoms with Gasteiger partial charge in [0.05, 0.1) is 17.1 Å². The monoisotopic (exact) mass is 314 g/mol. The molecule has 0 aliphatic carbocycles. The minimum absolute atomic E-state index is 0.304. The van der Waals surface area contributed by atoms with Crippen molar-refractivity contribution >= 4 is 10.8 Å². The minimum Gasteiger partial charge on any atom is -0.259 e. The van der Waals surface area contributed by atoms with Gasteiger partial charge in [-0.2, -0.15) is 5.10 Å². The SMILES string of the molecule is O=S(Cc1ccccc1)Cc1ccn(-c2cccc(F)c2)n1. The Kier molecular flexibility index (Phi) is 4.44. The molecule has 0 saturated carbocycles. The quantitative estimate of drug-likeness (QED) is 0.723. The van der Waals surface area contributed by atoms with Crippen molar-refractivity contribution in [3.05, 3.63) is 83.9 Å². The fourth-order valence-corrected chi connectivity index (χ4v) is 3.33. The lowest BCUT2D eigenvalue weighted by atomic mass is 10.2. The van der Waals surface area contributed by atoms with Gasteiger partial charge >= 0.3 is 0 Å². The first-order valence-corrected chi connectivity index (χ1v) is 8.39. The lowest BCUT2D eigenvalue weighted by Gasteiger charge is -2.02. The van der Waals surface area contributed by atoms with Gasteiger partial charge in [0.15, 0.2) is 0 Å². The Balaban J connectivity index is 1.68. The van der Waals surface area contributed by atoms with Crippen molar-refractivity contribution in [2.75, 3.05) is 0 Å². The van der Waals surface area contributed by atoms with Crippen LogP contribution in [0.1, 0.15) is 11.3 Å². The van der Waals surface area contributed by atoms with Gasteiger partial charge < -0.3 is 0 Å². The third-order valence-corrected chi connectivity index (χ3v) is 4.47. The Morgan fingerprint density at radius 1 is 1.00 bits per heavy atom. The van der Waals surface area contributed by atoms with Gasteiger partial charge in [0, 0.05) is 22.7 Å². The number of nitrogens with zero attached hydrogens (tertiary/aromatic N) is 2. The van der Waals surface area contributed by atoms with Gasteiger partial charge in [-0.15, -0.1) is 0 Å². The predicted octanol–water partition coefficient (Wildman–Crippen LogP) is 3.46. The summed E-state index contributed by atoms with van der Waals surface area (Å²) >= 11 is 0. The second-order valence-corrected chi connectivity index (χ2v) is 6.40. The zero-order chi connectivity index (χ0) is 15.4. The van der Waals surface area contributed by atoms with E-state index < -0.39 is 10.8 Å². The average molecular weight is 314 g/mol. The number of halogens is 1. The molecule has 1 aromatic heterocycles. The molecule has 1 heterocycles. The molecule has 0 bridgehead atoms. The van der Waals surface area contributed by atoms with Crippen molar-refractivity contribution < 1.29 is 8.60 Å². The van der Waals surface area contributed by atoms with Crippen LogP contribution in [0.5, 0.6) is 0 Å². The first-order valence-electron chi connectivity index (χ1n) is 6.90. The third-order valence-electron chi connectivity index (χ3n) is 3.20. The van der Waals surface area contributed by atoms with E-state index in [0.717, 1.165) is 11.3 Å². The lowest BCUT2D eigenvalue weighted by molar-refractivity contribution is 0.625. The Morgan fingerprint density at radius 3 is 2.59 bits per heavy atom. The van der Waals surface area contributed by atoms with Crippen LogP contribution in [-0.4, -0.2) is 14.0 Å². The van der Waals surface area contributed by atoms with Crippen LogP contribution < -0.4 is 0 Å². The molecule has 3 nitrogen and oxygen atoms in total. The zero-order valence-electron chi connectivity index (χ0n) is 11.9. The molecule has 2 aromatic carbocycles. The summed E-state index contributed by atoms with van der Waals surface area (Å²) < 4.78 is 27.0. The highest BCUT2D eigenvalue weighted by atomic mass is 32.2. The van der Waals surface area contributed by atoms with Gasteiger partial charge in [0.1, 0.15) is 5.82 Å². The zero-order valence-corrected chi connectivity index (χ0v) is 12.7. The summed E-state index contributed by atoms with van der Waals surface area (Å²) in [5.74, 6) is 0.590. The minimum atomic E-state index is -1.02. The number of aromatic nitrogens is 2. The highest BCUT2D eigenvalue weighted by molar-refractivity contribution is 7.83. The van der Waals surface area contributed by atoms with E-state index in [1.165, 1.54) is 12.1 Å². The molecule has 22 heavy (non-hydrogen) atoms. The number of benzene rings is 2. The smallest absolute Gasteiger partial charge is 0.125 e. The molecular formula is C17H15FN2OS. The standard InChI is InChI=1S/C17H15FN2OS/c18-15-7-4-8-17(11-15)20-10-9-16(19-20)13-22(21)12-14-5-2-1-3-6-14/h1-11H,12-13H2. The average Bonchev–Trinajstić information content (AvgIpc) is 2.96. The summed E-state index contributed by atoms with van der Waals surface area (Å²) in [5.41, 5.74) is 2.43. The molecule has 0 aliphatic heterocycles. The van der Waals surface area contributed by atoms with Gasteiger partial charge in [-0.1, -0.05) is 36.4 Å². The van der Waals surface area contributed by atoms with E-state index in [-0.39, 0.29) is 5.82 Å². The van der Waals surface area contributed by atoms with Crippen LogP contribution in [0, 0.1) is 5.82 Å². The van der Waals surface area contributed by atoms with Crippen LogP contribution in [0.15, 0.2) is 66.9 Å². The van der Waals surface area contributed by atoms with Crippen molar-refractivity contribution in [3.63, 3.8) is 0 Å². The second kappa shape index (κ2) is 6.66. The van der Waals surface area contributed by atoms with E-state index in [4.69, 9.17) is 0 Å². The summed E-state index contributed by atoms with van der Waals surface area (Å²) in [5, 5.41) is 4.36. The van der Waals surface area contributed by atoms with Crippen molar-refractivity contribution in [2.24, 2.45) is 0 Å². The van der Waals surface area contributed by atoms with Crippen LogP contribution in [0.25, 0.3) is 5.69 Å². The molecule has 112 valence electrons. The second-order valence-electron chi connectivity index (χ2n) is 4.95. The van der Waals surface area contributed by atoms with Crippen LogP contribution in [0.3, 0.4) is 0 Å². The van der Waals surface area contributed by atoms with Gasteiger partial charge in [-0.3, -0.25) is 4.21 Å². The van der Waals surface area contributed by atoms with Crippen molar-refractivity contribution in [1.82, 2.24) is 9.78 Å². The molecule has 0 saturated heterocycles. The van der Waals surface area contributed by atoms with Crippen LogP contribution in [0.4, 0.5) is 4.39 Å². The number of hydrogen-bond donors (Lipinski definition) is 0. The van der Waals surface area contributed by atoms with E-state index in [1.54, 1.807) is 23.0 Å². The summed E-state index contributed by atoms with van der Waals surface area (Å²) in [7, 11) is -1.02. The Bertz CT molecular complexity index is 786. The Hall–Kier alpha value is -2.27. The summed E-state index contributed by atoms with van der Waals surface area (Å²) in [4.78, 5) is 0. The Labute approximate surface area is 130 Å². The predicted molar refractivity (Wildman–Crippen MR) is 85.5 cm³/mol. The Morgan fingerprint density at radius 2 is 1.82 bits per heavy atom. The molecule has 0 spiro atoms. The maximum Gasteiger partial charge on any atom is 0.125 e. The number of hydrogen-bond acceptors (Lipinski definition) is 2. The van der Waals surface area contributed by atoms with Gasteiger partial charge in [0.25, 0.3) is 0 Å². The molecule has 0 fully saturated rings. The summed E-state index contributed by atoms with van der Waals surface area (Å²) in [6.45, 7) is 0. The molecular weight excluding hydrogens is 299 g/mol. The topological polar surface area (TPSA) is 34.9 Å². The molecule has 1 atom stereocenters. The van der Waals surface area contributed by atoms with Crippen LogP contribution in [-0.2, 0) is 22.3 Å². The molecule has 5 heteroatoms. The molecule has 3 rings (SSSR count). The van der Waals surface area contributed by atoms with Crippen molar-refractivity contribution in [3.8, 4) is 5.69 Å². The number of rotatable bonds is 5. The molecule has 0 amide bonds. The van der Waals surface area contributed by atoms with Gasteiger partial charge in [-0.25, -0.2) is 9.07 Å². The highest BCUT2D eigenvalue weighted by Crippen LogP contribution is 2.12.